The van der Waals surface area contributed by atoms with Crippen LogP contribution in [0.2, 0.25) is 0 Å². The average Bonchev–Trinajstić information content (AvgIpc) is 1.89. The van der Waals surface area contributed by atoms with E-state index in [0.29, 0.717) is 0 Å². The molecule has 0 aromatic heterocycles. The summed E-state index contributed by atoms with van der Waals surface area (Å²) in [4.78, 5) is 0. The lowest BCUT2D eigenvalue weighted by molar-refractivity contribution is 0.269. The minimum absolute atomic E-state index is 0.0940. The first-order valence-corrected chi connectivity index (χ1v) is 3.72. The number of unbranched alkanes of at least 4 members (excludes halogenated alkanes) is 1. The minimum Gasteiger partial charge on any atom is -0.396 e. The zero-order valence-electron chi connectivity index (χ0n) is 5.45. The van der Waals surface area contributed by atoms with Crippen LogP contribution in [0.4, 0.5) is 0 Å². The summed E-state index contributed by atoms with van der Waals surface area (Å²) in [5.74, 6) is 0. The molecule has 56 valence electrons. The van der Waals surface area contributed by atoms with E-state index in [1.807, 2.05) is 0 Å². The van der Waals surface area contributed by atoms with Gasteiger partial charge in [-0.15, -0.1) is 0 Å². The highest BCUT2D eigenvalue weighted by Gasteiger charge is 1.98. The Morgan fingerprint density at radius 2 is 1.89 bits per heavy atom. The molecule has 0 fully saturated rings. The Morgan fingerprint density at radius 3 is 2.33 bits per heavy atom. The standard InChI is InChI=1S/C6H14O2S/c7-4-2-1-3-6(9)5-8/h6-9H,1-5H2. The van der Waals surface area contributed by atoms with Crippen LogP contribution in [-0.2, 0) is 0 Å². The van der Waals surface area contributed by atoms with Crippen LogP contribution in [0.25, 0.3) is 0 Å². The van der Waals surface area contributed by atoms with Gasteiger partial charge in [0.05, 0.1) is 6.61 Å². The first-order valence-electron chi connectivity index (χ1n) is 3.21. The maximum atomic E-state index is 8.50. The fourth-order valence-corrected chi connectivity index (χ4v) is 0.766. The average molecular weight is 150 g/mol. The van der Waals surface area contributed by atoms with E-state index in [9.17, 15) is 0 Å². The molecule has 3 heteroatoms. The van der Waals surface area contributed by atoms with E-state index in [1.54, 1.807) is 0 Å². The van der Waals surface area contributed by atoms with Crippen molar-refractivity contribution in [2.45, 2.75) is 24.5 Å². The van der Waals surface area contributed by atoms with Gasteiger partial charge in [0.1, 0.15) is 0 Å². The van der Waals surface area contributed by atoms with E-state index in [2.05, 4.69) is 12.6 Å². The largest absolute Gasteiger partial charge is 0.396 e. The van der Waals surface area contributed by atoms with Crippen molar-refractivity contribution in [1.82, 2.24) is 0 Å². The van der Waals surface area contributed by atoms with Crippen molar-refractivity contribution in [2.75, 3.05) is 13.2 Å². The Morgan fingerprint density at radius 1 is 1.22 bits per heavy atom. The van der Waals surface area contributed by atoms with Crippen LogP contribution in [-0.4, -0.2) is 28.7 Å². The lowest BCUT2D eigenvalue weighted by Crippen LogP contribution is -2.04. The summed E-state index contributed by atoms with van der Waals surface area (Å²) in [6.45, 7) is 0.375. The van der Waals surface area contributed by atoms with Gasteiger partial charge in [-0.3, -0.25) is 0 Å². The van der Waals surface area contributed by atoms with Crippen LogP contribution >= 0.6 is 12.6 Å². The first-order chi connectivity index (χ1) is 4.31. The number of rotatable bonds is 5. The predicted octanol–water partition coefficient (Wildman–Crippen LogP) is 0.440. The Kier molecular flexibility index (Phi) is 6.58. The third kappa shape index (κ3) is 6.15. The number of hydrogen-bond acceptors (Lipinski definition) is 3. The van der Waals surface area contributed by atoms with Gasteiger partial charge in [0, 0.05) is 11.9 Å². The molecule has 2 N–H and O–H groups in total. The topological polar surface area (TPSA) is 40.5 Å². The zero-order chi connectivity index (χ0) is 7.11. The summed E-state index contributed by atoms with van der Waals surface area (Å²) in [5, 5.41) is 17.0. The summed E-state index contributed by atoms with van der Waals surface area (Å²) in [7, 11) is 0. The number of aliphatic hydroxyl groups excluding tert-OH is 2. The number of hydrogen-bond donors (Lipinski definition) is 3. The summed E-state index contributed by atoms with van der Waals surface area (Å²) >= 11 is 4.07. The van der Waals surface area contributed by atoms with Gasteiger partial charge >= 0.3 is 0 Å². The number of aliphatic hydroxyl groups is 2. The molecule has 1 unspecified atom stereocenters. The third-order valence-corrected chi connectivity index (χ3v) is 1.58. The van der Waals surface area contributed by atoms with Gasteiger partial charge < -0.3 is 10.2 Å². The van der Waals surface area contributed by atoms with E-state index < -0.39 is 0 Å². The van der Waals surface area contributed by atoms with Gasteiger partial charge in [-0.1, -0.05) is 0 Å². The molecule has 0 heterocycles. The Bertz CT molecular complexity index is 59.0. The second-order valence-corrected chi connectivity index (χ2v) is 2.79. The summed E-state index contributed by atoms with van der Waals surface area (Å²) in [5.41, 5.74) is 0. The highest BCUT2D eigenvalue weighted by molar-refractivity contribution is 7.81. The predicted molar refractivity (Wildman–Crippen MR) is 40.8 cm³/mol. The van der Waals surface area contributed by atoms with Crippen LogP contribution in [0.3, 0.4) is 0 Å². The molecule has 0 aliphatic carbocycles. The van der Waals surface area contributed by atoms with Crippen molar-refractivity contribution >= 4 is 12.6 Å². The van der Waals surface area contributed by atoms with Crippen LogP contribution in [0, 0.1) is 0 Å². The Labute approximate surface area is 61.3 Å². The minimum atomic E-state index is 0.0940. The first kappa shape index (κ1) is 9.27. The van der Waals surface area contributed by atoms with Gasteiger partial charge in [-0.2, -0.15) is 12.6 Å². The van der Waals surface area contributed by atoms with Crippen molar-refractivity contribution in [2.24, 2.45) is 0 Å². The molecular formula is C6H14O2S. The second kappa shape index (κ2) is 6.39. The second-order valence-electron chi connectivity index (χ2n) is 2.06. The SMILES string of the molecule is OCCCCC(S)CO. The lowest BCUT2D eigenvalue weighted by Gasteiger charge is -2.03. The van der Waals surface area contributed by atoms with Crippen molar-refractivity contribution in [3.05, 3.63) is 0 Å². The molecule has 2 nitrogen and oxygen atoms in total. The molecule has 0 radical (unpaired) electrons. The lowest BCUT2D eigenvalue weighted by atomic mass is 10.2. The molecule has 0 spiro atoms. The van der Waals surface area contributed by atoms with Gasteiger partial charge in [-0.25, -0.2) is 0 Å². The van der Waals surface area contributed by atoms with Crippen molar-refractivity contribution in [3.63, 3.8) is 0 Å². The van der Waals surface area contributed by atoms with E-state index in [4.69, 9.17) is 10.2 Å². The summed E-state index contributed by atoms with van der Waals surface area (Å²) in [6.07, 6.45) is 2.66. The zero-order valence-corrected chi connectivity index (χ0v) is 6.35. The van der Waals surface area contributed by atoms with Crippen molar-refractivity contribution in [1.29, 1.82) is 0 Å². The van der Waals surface area contributed by atoms with Gasteiger partial charge in [-0.05, 0) is 19.3 Å². The van der Waals surface area contributed by atoms with Crippen LogP contribution in [0.5, 0.6) is 0 Å². The molecule has 0 aromatic carbocycles. The molecule has 0 saturated carbocycles. The van der Waals surface area contributed by atoms with Crippen LogP contribution < -0.4 is 0 Å². The fourth-order valence-electron chi connectivity index (χ4n) is 0.583. The van der Waals surface area contributed by atoms with E-state index >= 15 is 0 Å². The molecule has 0 bridgehead atoms. The maximum absolute atomic E-state index is 8.50. The molecule has 1 atom stereocenters. The van der Waals surface area contributed by atoms with Gasteiger partial charge in [0.2, 0.25) is 0 Å². The van der Waals surface area contributed by atoms with Crippen molar-refractivity contribution < 1.29 is 10.2 Å². The smallest absolute Gasteiger partial charge is 0.0547 e. The maximum Gasteiger partial charge on any atom is 0.0547 e. The van der Waals surface area contributed by atoms with Gasteiger partial charge in [0.15, 0.2) is 0 Å². The summed E-state index contributed by atoms with van der Waals surface area (Å²) in [6, 6.07) is 0. The molecule has 0 aromatic rings. The quantitative estimate of drug-likeness (QED) is 0.393. The molecule has 0 aliphatic heterocycles. The highest BCUT2D eigenvalue weighted by Crippen LogP contribution is 2.04. The van der Waals surface area contributed by atoms with E-state index in [0.717, 1.165) is 19.3 Å². The van der Waals surface area contributed by atoms with E-state index in [-0.39, 0.29) is 18.5 Å². The monoisotopic (exact) mass is 150 g/mol. The third-order valence-electron chi connectivity index (χ3n) is 1.16. The molecule has 9 heavy (non-hydrogen) atoms. The van der Waals surface area contributed by atoms with Gasteiger partial charge in [0.25, 0.3) is 0 Å². The summed E-state index contributed by atoms with van der Waals surface area (Å²) < 4.78 is 0. The fraction of sp³-hybridized carbons (Fsp3) is 1.00. The highest BCUT2D eigenvalue weighted by atomic mass is 32.1. The van der Waals surface area contributed by atoms with E-state index in [1.165, 1.54) is 0 Å². The molecule has 0 rings (SSSR count). The van der Waals surface area contributed by atoms with Crippen LogP contribution in [0.15, 0.2) is 0 Å². The molecule has 0 saturated heterocycles. The van der Waals surface area contributed by atoms with Crippen molar-refractivity contribution in [3.8, 4) is 0 Å². The van der Waals surface area contributed by atoms with Crippen LogP contribution in [0.1, 0.15) is 19.3 Å². The Balaban J connectivity index is 2.88. The Hall–Kier alpha value is 0.270. The number of thiol groups is 1. The molecule has 0 aliphatic rings. The normalized spacial score (nSPS) is 13.7. The molecule has 0 amide bonds. The molecular weight excluding hydrogens is 136 g/mol.